The SMILES string of the molecule is C#N.COc1cccc(-c2cc(C3CCCN3C)c(N3CCN(C(=O)c4ccoc4C)C(C)C3)nc2C(C)C)c1. The summed E-state index contributed by atoms with van der Waals surface area (Å²) in [6, 6.07) is 12.8. The molecule has 2 aliphatic rings. The molecule has 2 unspecified atom stereocenters. The number of amides is 1. The molecule has 4 heterocycles. The van der Waals surface area contributed by atoms with E-state index in [0.29, 0.717) is 23.9 Å². The zero-order chi connectivity index (χ0) is 29.0. The van der Waals surface area contributed by atoms with Gasteiger partial charge in [-0.15, -0.1) is 0 Å². The monoisotopic (exact) mass is 543 g/mol. The van der Waals surface area contributed by atoms with Crippen LogP contribution in [0.3, 0.4) is 0 Å². The van der Waals surface area contributed by atoms with Crippen LogP contribution in [0.2, 0.25) is 0 Å². The first-order valence-corrected chi connectivity index (χ1v) is 14.0. The van der Waals surface area contributed by atoms with Gasteiger partial charge in [-0.1, -0.05) is 26.0 Å². The van der Waals surface area contributed by atoms with Gasteiger partial charge in [0.05, 0.1) is 24.6 Å². The number of hydrogen-bond acceptors (Lipinski definition) is 7. The van der Waals surface area contributed by atoms with Crippen LogP contribution in [0.1, 0.15) is 72.9 Å². The van der Waals surface area contributed by atoms with Crippen LogP contribution in [0.25, 0.3) is 11.1 Å². The Morgan fingerprint density at radius 1 is 1.18 bits per heavy atom. The lowest BCUT2D eigenvalue weighted by Crippen LogP contribution is -2.54. The number of pyridine rings is 1. The largest absolute Gasteiger partial charge is 0.497 e. The van der Waals surface area contributed by atoms with Crippen molar-refractivity contribution in [2.75, 3.05) is 45.2 Å². The van der Waals surface area contributed by atoms with Crippen LogP contribution in [0, 0.1) is 18.8 Å². The number of aromatic nitrogens is 1. The maximum Gasteiger partial charge on any atom is 0.257 e. The predicted octanol–water partition coefficient (Wildman–Crippen LogP) is 6.04. The van der Waals surface area contributed by atoms with Crippen molar-refractivity contribution in [3.63, 3.8) is 0 Å². The molecule has 212 valence electrons. The molecule has 2 aliphatic heterocycles. The number of likely N-dealkylation sites (tertiary alicyclic amines) is 1. The number of methoxy groups -OCH3 is 1. The van der Waals surface area contributed by atoms with Gasteiger partial charge >= 0.3 is 0 Å². The number of nitriles is 1. The zero-order valence-corrected chi connectivity index (χ0v) is 24.6. The Morgan fingerprint density at radius 3 is 2.55 bits per heavy atom. The summed E-state index contributed by atoms with van der Waals surface area (Å²) in [5, 5.41) is 6.50. The van der Waals surface area contributed by atoms with E-state index < -0.39 is 0 Å². The quantitative estimate of drug-likeness (QED) is 0.375. The van der Waals surface area contributed by atoms with Crippen molar-refractivity contribution >= 4 is 11.7 Å². The Morgan fingerprint density at radius 2 is 1.95 bits per heavy atom. The van der Waals surface area contributed by atoms with Crippen molar-refractivity contribution in [3.05, 3.63) is 65.2 Å². The smallest absolute Gasteiger partial charge is 0.257 e. The minimum Gasteiger partial charge on any atom is -0.497 e. The molecule has 8 heteroatoms. The van der Waals surface area contributed by atoms with E-state index in [1.165, 1.54) is 17.5 Å². The number of anilines is 1. The second-order valence-electron chi connectivity index (χ2n) is 11.0. The van der Waals surface area contributed by atoms with Gasteiger partial charge in [-0.3, -0.25) is 9.69 Å². The van der Waals surface area contributed by atoms with E-state index in [1.54, 1.807) is 19.4 Å². The lowest BCUT2D eigenvalue weighted by molar-refractivity contribution is 0.0671. The molecule has 0 spiro atoms. The van der Waals surface area contributed by atoms with E-state index >= 15 is 0 Å². The van der Waals surface area contributed by atoms with Crippen molar-refractivity contribution in [3.8, 4) is 23.4 Å². The van der Waals surface area contributed by atoms with Crippen LogP contribution in [0.4, 0.5) is 5.82 Å². The number of benzene rings is 1. The predicted molar refractivity (Wildman–Crippen MR) is 158 cm³/mol. The maximum absolute atomic E-state index is 13.3. The molecule has 2 aromatic heterocycles. The topological polar surface area (TPSA) is 85.8 Å². The van der Waals surface area contributed by atoms with Crippen LogP contribution >= 0.6 is 0 Å². The summed E-state index contributed by atoms with van der Waals surface area (Å²) in [5.41, 5.74) is 5.34. The van der Waals surface area contributed by atoms with Gasteiger partial charge in [0.2, 0.25) is 0 Å². The highest BCUT2D eigenvalue weighted by molar-refractivity contribution is 5.95. The standard InChI is InChI=1S/C31H40N4O3.CHN/c1-20(2)29-26(23-9-7-10-24(17-23)37-6)18-27(28-11-8-13-33(28)5)30(32-29)34-14-15-35(21(3)19-34)31(36)25-12-16-38-22(25)4;1-2/h7,9-10,12,16-18,20-21,28H,8,11,13-15,19H2,1-6H3;1H. The van der Waals surface area contributed by atoms with Crippen molar-refractivity contribution in [2.45, 2.75) is 58.5 Å². The summed E-state index contributed by atoms with van der Waals surface area (Å²) in [6.45, 7) is 15.1. The van der Waals surface area contributed by atoms with Crippen molar-refractivity contribution < 1.29 is 13.9 Å². The van der Waals surface area contributed by atoms with Gasteiger partial charge in [0.1, 0.15) is 17.3 Å². The number of aryl methyl sites for hydroxylation is 1. The third kappa shape index (κ3) is 5.71. The first kappa shape index (κ1) is 29.2. The van der Waals surface area contributed by atoms with E-state index in [4.69, 9.17) is 19.4 Å². The lowest BCUT2D eigenvalue weighted by atomic mass is 9.93. The number of carbonyl (C=O) groups excluding carboxylic acids is 1. The molecule has 2 fully saturated rings. The van der Waals surface area contributed by atoms with Crippen molar-refractivity contribution in [1.82, 2.24) is 14.8 Å². The van der Waals surface area contributed by atoms with Gasteiger partial charge in [0, 0.05) is 49.4 Å². The van der Waals surface area contributed by atoms with Gasteiger partial charge in [0.25, 0.3) is 5.91 Å². The number of rotatable bonds is 6. The summed E-state index contributed by atoms with van der Waals surface area (Å²) in [5.74, 6) is 2.89. The van der Waals surface area contributed by atoms with Crippen molar-refractivity contribution in [2.24, 2.45) is 0 Å². The first-order valence-electron chi connectivity index (χ1n) is 14.0. The molecule has 1 aromatic carbocycles. The Kier molecular flexibility index (Phi) is 9.16. The van der Waals surface area contributed by atoms with E-state index in [1.807, 2.05) is 24.0 Å². The molecular weight excluding hydrogens is 502 g/mol. The summed E-state index contributed by atoms with van der Waals surface area (Å²) in [6.07, 6.45) is 3.90. The number of nitrogens with zero attached hydrogens (tertiary/aromatic N) is 5. The Labute approximate surface area is 238 Å². The first-order chi connectivity index (χ1) is 19.3. The van der Waals surface area contributed by atoms with Gasteiger partial charge in [0.15, 0.2) is 0 Å². The molecule has 0 N–H and O–H groups in total. The number of ether oxygens (including phenoxy) is 1. The second kappa shape index (κ2) is 12.6. The van der Waals surface area contributed by atoms with Crippen molar-refractivity contribution in [1.29, 1.82) is 5.26 Å². The number of piperazine rings is 1. The molecule has 8 nitrogen and oxygen atoms in total. The number of carbonyl (C=O) groups is 1. The third-order valence-corrected chi connectivity index (χ3v) is 8.14. The second-order valence-corrected chi connectivity index (χ2v) is 11.0. The minimum absolute atomic E-state index is 0.0448. The average Bonchev–Trinajstić information content (AvgIpc) is 3.60. The number of hydrogen-bond donors (Lipinski definition) is 0. The van der Waals surface area contributed by atoms with Crippen LogP contribution in [-0.4, -0.2) is 67.1 Å². The molecule has 2 saturated heterocycles. The Balaban J connectivity index is 0.00000181. The van der Waals surface area contributed by atoms with Crippen LogP contribution in [0.15, 0.2) is 47.1 Å². The summed E-state index contributed by atoms with van der Waals surface area (Å²) in [4.78, 5) is 25.5. The fourth-order valence-corrected chi connectivity index (χ4v) is 6.01. The Bertz CT molecular complexity index is 1350. The van der Waals surface area contributed by atoms with E-state index in [-0.39, 0.29) is 17.9 Å². The van der Waals surface area contributed by atoms with Gasteiger partial charge in [-0.25, -0.2) is 10.2 Å². The molecule has 0 bridgehead atoms. The highest BCUT2D eigenvalue weighted by Crippen LogP contribution is 2.41. The summed E-state index contributed by atoms with van der Waals surface area (Å²) in [7, 11) is 3.93. The zero-order valence-electron chi connectivity index (χ0n) is 24.6. The van der Waals surface area contributed by atoms with Crippen LogP contribution < -0.4 is 9.64 Å². The van der Waals surface area contributed by atoms with Gasteiger partial charge < -0.3 is 19.0 Å². The molecule has 2 atom stereocenters. The van der Waals surface area contributed by atoms with Crippen LogP contribution in [-0.2, 0) is 0 Å². The molecule has 5 rings (SSSR count). The molecule has 0 aliphatic carbocycles. The Hall–Kier alpha value is -3.83. The third-order valence-electron chi connectivity index (χ3n) is 8.14. The summed E-state index contributed by atoms with van der Waals surface area (Å²) >= 11 is 0. The van der Waals surface area contributed by atoms with E-state index in [9.17, 15) is 4.79 Å². The molecule has 1 amide bonds. The highest BCUT2D eigenvalue weighted by Gasteiger charge is 2.34. The normalized spacial score (nSPS) is 19.4. The molecular formula is C32H41N5O3. The minimum atomic E-state index is 0.0448. The molecule has 3 aromatic rings. The lowest BCUT2D eigenvalue weighted by Gasteiger charge is -2.42. The highest BCUT2D eigenvalue weighted by atomic mass is 16.5. The maximum atomic E-state index is 13.3. The van der Waals surface area contributed by atoms with Gasteiger partial charge in [-0.2, -0.15) is 0 Å². The fraction of sp³-hybridized carbons (Fsp3) is 0.469. The molecule has 40 heavy (non-hydrogen) atoms. The molecule has 0 radical (unpaired) electrons. The van der Waals surface area contributed by atoms with Crippen LogP contribution in [0.5, 0.6) is 5.75 Å². The molecule has 0 saturated carbocycles. The summed E-state index contributed by atoms with van der Waals surface area (Å²) < 4.78 is 10.9. The number of furan rings is 1. The average molecular weight is 544 g/mol. The van der Waals surface area contributed by atoms with E-state index in [0.717, 1.165) is 48.9 Å². The van der Waals surface area contributed by atoms with Gasteiger partial charge in [-0.05, 0) is 76.0 Å². The van der Waals surface area contributed by atoms with E-state index in [2.05, 4.69) is 62.4 Å². The fourth-order valence-electron chi connectivity index (χ4n) is 6.01.